The van der Waals surface area contributed by atoms with Crippen LogP contribution in [0.25, 0.3) is 0 Å². The standard InChI is InChI=1S/C10H9Cl2NO/c11-9-7(2-1-5-13-9)6-8(14)10(12)3-4-10/h1-2,5H,3-4,6H2. The van der Waals surface area contributed by atoms with Crippen LogP contribution in [0.2, 0.25) is 5.15 Å². The molecule has 0 aliphatic heterocycles. The normalized spacial score (nSPS) is 17.9. The first-order valence-electron chi connectivity index (χ1n) is 4.43. The quantitative estimate of drug-likeness (QED) is 0.590. The summed E-state index contributed by atoms with van der Waals surface area (Å²) >= 11 is 11.8. The van der Waals surface area contributed by atoms with Gasteiger partial charge in [-0.1, -0.05) is 17.7 Å². The molecule has 0 atom stereocenters. The molecule has 1 fully saturated rings. The molecule has 74 valence electrons. The van der Waals surface area contributed by atoms with E-state index in [1.165, 1.54) is 0 Å². The van der Waals surface area contributed by atoms with Crippen molar-refractivity contribution >= 4 is 29.0 Å². The molecule has 0 unspecified atom stereocenters. The van der Waals surface area contributed by atoms with Crippen LogP contribution < -0.4 is 0 Å². The van der Waals surface area contributed by atoms with E-state index in [0.29, 0.717) is 5.15 Å². The van der Waals surface area contributed by atoms with Crippen LogP contribution in [0.4, 0.5) is 0 Å². The van der Waals surface area contributed by atoms with E-state index >= 15 is 0 Å². The van der Waals surface area contributed by atoms with Gasteiger partial charge in [-0.3, -0.25) is 4.79 Å². The van der Waals surface area contributed by atoms with Gasteiger partial charge in [0.1, 0.15) is 10.0 Å². The fourth-order valence-corrected chi connectivity index (χ4v) is 1.62. The minimum absolute atomic E-state index is 0.0501. The number of halogens is 2. The maximum Gasteiger partial charge on any atom is 0.158 e. The number of ketones is 1. The van der Waals surface area contributed by atoms with E-state index in [1.54, 1.807) is 18.3 Å². The molecule has 0 amide bonds. The highest BCUT2D eigenvalue weighted by atomic mass is 35.5. The Kier molecular flexibility index (Phi) is 2.50. The highest BCUT2D eigenvalue weighted by Crippen LogP contribution is 2.44. The van der Waals surface area contributed by atoms with Gasteiger partial charge in [0.2, 0.25) is 0 Å². The van der Waals surface area contributed by atoms with Crippen LogP contribution in [0.5, 0.6) is 0 Å². The van der Waals surface area contributed by atoms with E-state index < -0.39 is 4.87 Å². The Morgan fingerprint density at radius 2 is 2.29 bits per heavy atom. The molecular formula is C10H9Cl2NO. The van der Waals surface area contributed by atoms with E-state index in [2.05, 4.69) is 4.98 Å². The predicted molar refractivity (Wildman–Crippen MR) is 55.8 cm³/mol. The van der Waals surface area contributed by atoms with Crippen molar-refractivity contribution in [1.29, 1.82) is 0 Å². The van der Waals surface area contributed by atoms with E-state index in [0.717, 1.165) is 18.4 Å². The number of hydrogen-bond donors (Lipinski definition) is 0. The highest BCUT2D eigenvalue weighted by molar-refractivity contribution is 6.38. The Morgan fingerprint density at radius 1 is 1.57 bits per heavy atom. The van der Waals surface area contributed by atoms with Crippen LogP contribution >= 0.6 is 23.2 Å². The van der Waals surface area contributed by atoms with Gasteiger partial charge in [0.25, 0.3) is 0 Å². The maximum atomic E-state index is 11.6. The van der Waals surface area contributed by atoms with Crippen molar-refractivity contribution in [3.05, 3.63) is 29.0 Å². The van der Waals surface area contributed by atoms with Gasteiger partial charge in [-0.15, -0.1) is 11.6 Å². The molecule has 0 N–H and O–H groups in total. The van der Waals surface area contributed by atoms with Crippen molar-refractivity contribution in [2.24, 2.45) is 0 Å². The third kappa shape index (κ3) is 1.91. The Hall–Kier alpha value is -0.600. The van der Waals surface area contributed by atoms with E-state index in [4.69, 9.17) is 23.2 Å². The summed E-state index contributed by atoms with van der Waals surface area (Å²) in [6.07, 6.45) is 3.45. The van der Waals surface area contributed by atoms with Gasteiger partial charge in [-0.05, 0) is 24.5 Å². The van der Waals surface area contributed by atoms with Crippen molar-refractivity contribution in [2.45, 2.75) is 24.1 Å². The lowest BCUT2D eigenvalue weighted by Gasteiger charge is -2.05. The average Bonchev–Trinajstić information content (AvgIpc) is 2.89. The topological polar surface area (TPSA) is 30.0 Å². The number of aromatic nitrogens is 1. The summed E-state index contributed by atoms with van der Waals surface area (Å²) in [7, 11) is 0. The number of rotatable bonds is 3. The molecule has 1 saturated carbocycles. The van der Waals surface area contributed by atoms with E-state index in [-0.39, 0.29) is 12.2 Å². The van der Waals surface area contributed by atoms with Crippen LogP contribution in [-0.2, 0) is 11.2 Å². The Labute approximate surface area is 92.2 Å². The van der Waals surface area contributed by atoms with Gasteiger partial charge in [0, 0.05) is 12.6 Å². The van der Waals surface area contributed by atoms with Crippen molar-refractivity contribution in [2.75, 3.05) is 0 Å². The summed E-state index contributed by atoms with van der Waals surface area (Å²) in [4.78, 5) is 14.9. The molecule has 1 heterocycles. The fraction of sp³-hybridized carbons (Fsp3) is 0.400. The second-order valence-corrected chi connectivity index (χ2v) is 4.60. The van der Waals surface area contributed by atoms with E-state index in [9.17, 15) is 4.79 Å². The fourth-order valence-electron chi connectivity index (χ4n) is 1.27. The first-order chi connectivity index (χ1) is 6.62. The van der Waals surface area contributed by atoms with Crippen molar-refractivity contribution < 1.29 is 4.79 Å². The summed E-state index contributed by atoms with van der Waals surface area (Å²) in [5.74, 6) is 0.0501. The Morgan fingerprint density at radius 3 is 2.86 bits per heavy atom. The number of pyridine rings is 1. The summed E-state index contributed by atoms with van der Waals surface area (Å²) in [6.45, 7) is 0. The van der Waals surface area contributed by atoms with Crippen molar-refractivity contribution in [3.63, 3.8) is 0 Å². The molecule has 0 radical (unpaired) electrons. The third-order valence-electron chi connectivity index (χ3n) is 2.38. The molecule has 2 rings (SSSR count). The van der Waals surface area contributed by atoms with Crippen molar-refractivity contribution in [3.8, 4) is 0 Å². The highest BCUT2D eigenvalue weighted by Gasteiger charge is 2.47. The largest absolute Gasteiger partial charge is 0.297 e. The average molecular weight is 230 g/mol. The number of carbonyl (C=O) groups is 1. The van der Waals surface area contributed by atoms with Gasteiger partial charge >= 0.3 is 0 Å². The molecule has 14 heavy (non-hydrogen) atoms. The summed E-state index contributed by atoms with van der Waals surface area (Å²) < 4.78 is 0. The van der Waals surface area contributed by atoms with Crippen LogP contribution in [0.15, 0.2) is 18.3 Å². The van der Waals surface area contributed by atoms with E-state index in [1.807, 2.05) is 0 Å². The number of hydrogen-bond acceptors (Lipinski definition) is 2. The zero-order valence-corrected chi connectivity index (χ0v) is 8.98. The van der Waals surface area contributed by atoms with Crippen LogP contribution in [-0.4, -0.2) is 15.6 Å². The lowest BCUT2D eigenvalue weighted by molar-refractivity contribution is -0.118. The molecule has 1 aromatic heterocycles. The summed E-state index contributed by atoms with van der Waals surface area (Å²) in [5.41, 5.74) is 0.756. The molecule has 0 spiro atoms. The second kappa shape index (κ2) is 3.52. The molecule has 2 nitrogen and oxygen atoms in total. The number of carbonyl (C=O) groups excluding carboxylic acids is 1. The minimum atomic E-state index is -0.598. The smallest absolute Gasteiger partial charge is 0.158 e. The molecule has 0 aromatic carbocycles. The predicted octanol–water partition coefficient (Wildman–Crippen LogP) is 2.62. The van der Waals surface area contributed by atoms with Gasteiger partial charge in [-0.25, -0.2) is 4.98 Å². The molecule has 1 aromatic rings. The Balaban J connectivity index is 2.11. The SMILES string of the molecule is O=C(Cc1cccnc1Cl)C1(Cl)CC1. The molecule has 0 saturated heterocycles. The second-order valence-electron chi connectivity index (χ2n) is 3.52. The lowest BCUT2D eigenvalue weighted by atomic mass is 10.1. The number of nitrogens with zero attached hydrogens (tertiary/aromatic N) is 1. The van der Waals surface area contributed by atoms with Crippen LogP contribution in [0, 0.1) is 0 Å². The first kappa shape index (κ1) is 9.94. The Bertz CT molecular complexity index is 374. The van der Waals surface area contributed by atoms with Gasteiger partial charge in [0.05, 0.1) is 0 Å². The van der Waals surface area contributed by atoms with Gasteiger partial charge in [0.15, 0.2) is 5.78 Å². The zero-order valence-electron chi connectivity index (χ0n) is 7.46. The first-order valence-corrected chi connectivity index (χ1v) is 5.19. The summed E-state index contributed by atoms with van der Waals surface area (Å²) in [6, 6.07) is 3.57. The maximum absolute atomic E-state index is 11.6. The molecule has 0 bridgehead atoms. The molecule has 1 aliphatic carbocycles. The van der Waals surface area contributed by atoms with Crippen LogP contribution in [0.1, 0.15) is 18.4 Å². The van der Waals surface area contributed by atoms with Gasteiger partial charge in [-0.2, -0.15) is 0 Å². The monoisotopic (exact) mass is 229 g/mol. The molecule has 4 heteroatoms. The summed E-state index contributed by atoms with van der Waals surface area (Å²) in [5, 5.41) is 0.391. The molecule has 1 aliphatic rings. The van der Waals surface area contributed by atoms with Gasteiger partial charge < -0.3 is 0 Å². The third-order valence-corrected chi connectivity index (χ3v) is 3.31. The van der Waals surface area contributed by atoms with Crippen LogP contribution in [0.3, 0.4) is 0 Å². The lowest BCUT2D eigenvalue weighted by Crippen LogP contribution is -2.18. The number of Topliss-reactive ketones (excluding diaryl/α,β-unsaturated/α-hetero) is 1. The molecular weight excluding hydrogens is 221 g/mol. The number of alkyl halides is 1. The minimum Gasteiger partial charge on any atom is -0.297 e. The van der Waals surface area contributed by atoms with Crippen molar-refractivity contribution in [1.82, 2.24) is 4.98 Å². The zero-order chi connectivity index (χ0) is 10.2.